The third kappa shape index (κ3) is 4.89. The molecule has 1 heterocycles. The van der Waals surface area contributed by atoms with Crippen LogP contribution < -0.4 is 15.4 Å². The van der Waals surface area contributed by atoms with Crippen molar-refractivity contribution in [1.82, 2.24) is 5.32 Å². The molecule has 0 aromatic heterocycles. The highest BCUT2D eigenvalue weighted by molar-refractivity contribution is 8.00. The van der Waals surface area contributed by atoms with Crippen molar-refractivity contribution in [1.29, 1.82) is 0 Å². The van der Waals surface area contributed by atoms with Gasteiger partial charge >= 0.3 is 5.97 Å². The number of anilines is 1. The van der Waals surface area contributed by atoms with Gasteiger partial charge in [-0.05, 0) is 31.2 Å². The number of nitrogens with one attached hydrogen (secondary N) is 2. The Kier molecular flexibility index (Phi) is 6.48. The number of esters is 1. The van der Waals surface area contributed by atoms with Crippen LogP contribution in [0.25, 0.3) is 0 Å². The Balaban J connectivity index is 1.84. The molecule has 2 rings (SSSR count). The number of benzene rings is 1. The van der Waals surface area contributed by atoms with Gasteiger partial charge in [0, 0.05) is 17.9 Å². The lowest BCUT2D eigenvalue weighted by atomic mass is 10.2. The molecule has 0 radical (unpaired) electrons. The predicted molar refractivity (Wildman–Crippen MR) is 91.1 cm³/mol. The minimum Gasteiger partial charge on any atom is -0.497 e. The molecule has 1 aliphatic rings. The summed E-state index contributed by atoms with van der Waals surface area (Å²) in [5.41, 5.74) is 0.631. The van der Waals surface area contributed by atoms with E-state index in [0.717, 1.165) is 0 Å². The van der Waals surface area contributed by atoms with Gasteiger partial charge in [-0.3, -0.25) is 9.59 Å². The molecule has 1 fully saturated rings. The van der Waals surface area contributed by atoms with E-state index in [1.807, 2.05) is 0 Å². The lowest BCUT2D eigenvalue weighted by Gasteiger charge is -2.27. The third-order valence-electron chi connectivity index (χ3n) is 3.39. The van der Waals surface area contributed by atoms with Crippen molar-refractivity contribution in [3.8, 4) is 5.75 Å². The fraction of sp³-hybridized carbons (Fsp3) is 0.438. The number of carbonyl (C=O) groups is 3. The molecule has 0 spiro atoms. The van der Waals surface area contributed by atoms with Crippen molar-refractivity contribution in [3.05, 3.63) is 24.3 Å². The minimum atomic E-state index is -0.650. The van der Waals surface area contributed by atoms with Crippen LogP contribution in [0.1, 0.15) is 13.3 Å². The number of amides is 2. The van der Waals surface area contributed by atoms with Crippen molar-refractivity contribution >= 4 is 35.2 Å². The molecule has 0 saturated carbocycles. The summed E-state index contributed by atoms with van der Waals surface area (Å²) in [6.07, 6.45) is 0.0398. The Morgan fingerprint density at radius 2 is 2.04 bits per heavy atom. The average Bonchev–Trinajstić information content (AvgIpc) is 2.57. The van der Waals surface area contributed by atoms with Crippen LogP contribution in [-0.4, -0.2) is 48.5 Å². The fourth-order valence-electron chi connectivity index (χ4n) is 2.17. The maximum Gasteiger partial charge on any atom is 0.329 e. The highest BCUT2D eigenvalue weighted by Crippen LogP contribution is 2.22. The zero-order valence-electron chi connectivity index (χ0n) is 13.5. The minimum absolute atomic E-state index is 0.0398. The van der Waals surface area contributed by atoms with E-state index < -0.39 is 17.3 Å². The summed E-state index contributed by atoms with van der Waals surface area (Å²) in [6.45, 7) is 1.98. The first-order valence-corrected chi connectivity index (χ1v) is 8.61. The molecule has 0 aliphatic carbocycles. The maximum absolute atomic E-state index is 12.1. The van der Waals surface area contributed by atoms with E-state index in [2.05, 4.69) is 10.6 Å². The highest BCUT2D eigenvalue weighted by Gasteiger charge is 2.34. The monoisotopic (exact) mass is 352 g/mol. The average molecular weight is 352 g/mol. The molecular weight excluding hydrogens is 332 g/mol. The Morgan fingerprint density at radius 3 is 2.62 bits per heavy atom. The first-order chi connectivity index (χ1) is 11.5. The summed E-state index contributed by atoms with van der Waals surface area (Å²) in [6, 6.07) is 6.27. The zero-order chi connectivity index (χ0) is 17.5. The molecule has 8 heteroatoms. The third-order valence-corrected chi connectivity index (χ3v) is 4.70. The van der Waals surface area contributed by atoms with E-state index in [1.165, 1.54) is 11.8 Å². The quantitative estimate of drug-likeness (QED) is 0.747. The standard InChI is InChI=1S/C16H20N2O5S/c1-3-23-16(21)12-9-24-13(15(20)18-12)8-14(19)17-10-4-6-11(22-2)7-5-10/h4-7,12-13H,3,8-9H2,1-2H3,(H,17,19)(H,18,20). The number of hydrogen-bond acceptors (Lipinski definition) is 6. The van der Waals surface area contributed by atoms with Gasteiger partial charge in [0.2, 0.25) is 11.8 Å². The molecule has 1 aromatic rings. The summed E-state index contributed by atoms with van der Waals surface area (Å²) >= 11 is 1.28. The van der Waals surface area contributed by atoms with Gasteiger partial charge in [0.05, 0.1) is 19.0 Å². The van der Waals surface area contributed by atoms with Crippen LogP contribution in [0, 0.1) is 0 Å². The van der Waals surface area contributed by atoms with Gasteiger partial charge in [0.15, 0.2) is 0 Å². The van der Waals surface area contributed by atoms with Crippen LogP contribution in [0.2, 0.25) is 0 Å². The molecule has 130 valence electrons. The Bertz CT molecular complexity index is 605. The summed E-state index contributed by atoms with van der Waals surface area (Å²) < 4.78 is 9.94. The Labute approximate surface area is 144 Å². The summed E-state index contributed by atoms with van der Waals surface area (Å²) in [4.78, 5) is 35.7. The summed E-state index contributed by atoms with van der Waals surface area (Å²) in [5, 5.41) is 4.82. The number of ether oxygens (including phenoxy) is 2. The number of rotatable bonds is 6. The van der Waals surface area contributed by atoms with Gasteiger partial charge in [-0.2, -0.15) is 0 Å². The second-order valence-electron chi connectivity index (χ2n) is 5.12. The van der Waals surface area contributed by atoms with E-state index in [0.29, 0.717) is 17.2 Å². The lowest BCUT2D eigenvalue weighted by molar-refractivity contribution is -0.146. The summed E-state index contributed by atoms with van der Waals surface area (Å²) in [7, 11) is 1.57. The van der Waals surface area contributed by atoms with E-state index in [1.54, 1.807) is 38.3 Å². The molecule has 2 atom stereocenters. The number of carbonyl (C=O) groups excluding carboxylic acids is 3. The molecule has 7 nitrogen and oxygen atoms in total. The molecule has 24 heavy (non-hydrogen) atoms. The lowest BCUT2D eigenvalue weighted by Crippen LogP contribution is -2.51. The summed E-state index contributed by atoms with van der Waals surface area (Å²) in [5.74, 6) is 0.0571. The van der Waals surface area contributed by atoms with E-state index in [9.17, 15) is 14.4 Å². The first kappa shape index (κ1) is 18.1. The van der Waals surface area contributed by atoms with E-state index in [4.69, 9.17) is 9.47 Å². The van der Waals surface area contributed by atoms with Crippen LogP contribution >= 0.6 is 11.8 Å². The van der Waals surface area contributed by atoms with Crippen molar-refractivity contribution < 1.29 is 23.9 Å². The van der Waals surface area contributed by atoms with Crippen molar-refractivity contribution in [2.45, 2.75) is 24.6 Å². The first-order valence-electron chi connectivity index (χ1n) is 7.56. The van der Waals surface area contributed by atoms with Crippen molar-refractivity contribution in [3.63, 3.8) is 0 Å². The zero-order valence-corrected chi connectivity index (χ0v) is 14.4. The molecule has 1 aromatic carbocycles. The smallest absolute Gasteiger partial charge is 0.329 e. The molecule has 2 unspecified atom stereocenters. The van der Waals surface area contributed by atoms with Crippen LogP contribution in [0.4, 0.5) is 5.69 Å². The van der Waals surface area contributed by atoms with Gasteiger partial charge in [-0.25, -0.2) is 4.79 Å². The van der Waals surface area contributed by atoms with Gasteiger partial charge in [0.1, 0.15) is 11.8 Å². The van der Waals surface area contributed by atoms with Gasteiger partial charge < -0.3 is 20.1 Å². The number of thioether (sulfide) groups is 1. The van der Waals surface area contributed by atoms with Gasteiger partial charge in [-0.15, -0.1) is 11.8 Å². The number of methoxy groups -OCH3 is 1. The van der Waals surface area contributed by atoms with Crippen molar-refractivity contribution in [2.75, 3.05) is 24.8 Å². The largest absolute Gasteiger partial charge is 0.497 e. The molecule has 0 bridgehead atoms. The van der Waals surface area contributed by atoms with Gasteiger partial charge in [0.25, 0.3) is 0 Å². The molecule has 1 saturated heterocycles. The van der Waals surface area contributed by atoms with E-state index >= 15 is 0 Å². The molecule has 2 N–H and O–H groups in total. The second kappa shape index (κ2) is 8.58. The fourth-order valence-corrected chi connectivity index (χ4v) is 3.30. The van der Waals surface area contributed by atoms with Crippen LogP contribution in [-0.2, 0) is 19.1 Å². The second-order valence-corrected chi connectivity index (χ2v) is 6.35. The topological polar surface area (TPSA) is 93.7 Å². The van der Waals surface area contributed by atoms with Gasteiger partial charge in [-0.1, -0.05) is 0 Å². The van der Waals surface area contributed by atoms with E-state index in [-0.39, 0.29) is 24.8 Å². The predicted octanol–water partition coefficient (Wildman–Crippen LogP) is 1.19. The number of hydrogen-bond donors (Lipinski definition) is 2. The van der Waals surface area contributed by atoms with Crippen LogP contribution in [0.3, 0.4) is 0 Å². The molecule has 2 amide bonds. The van der Waals surface area contributed by atoms with Crippen LogP contribution in [0.15, 0.2) is 24.3 Å². The molecule has 1 aliphatic heterocycles. The van der Waals surface area contributed by atoms with Crippen LogP contribution in [0.5, 0.6) is 5.75 Å². The maximum atomic E-state index is 12.1. The molecular formula is C16H20N2O5S. The normalized spacial score (nSPS) is 20.0. The Morgan fingerprint density at radius 1 is 1.33 bits per heavy atom. The Hall–Kier alpha value is -2.22. The SMILES string of the molecule is CCOC(=O)C1CSC(CC(=O)Nc2ccc(OC)cc2)C(=O)N1. The highest BCUT2D eigenvalue weighted by atomic mass is 32.2. The van der Waals surface area contributed by atoms with Crippen molar-refractivity contribution in [2.24, 2.45) is 0 Å².